The second kappa shape index (κ2) is 25.3. The van der Waals surface area contributed by atoms with E-state index in [9.17, 15) is 29.0 Å². The second-order valence-corrected chi connectivity index (χ2v) is 21.1. The van der Waals surface area contributed by atoms with Crippen LogP contribution in [0.15, 0.2) is 24.3 Å². The number of nitrogens with one attached hydrogen (secondary N) is 2. The Morgan fingerprint density at radius 2 is 1.91 bits per heavy atom. The average Bonchev–Trinajstić information content (AvgIpc) is 3.50. The maximum absolute atomic E-state index is 12.3. The zero-order chi connectivity index (χ0) is 40.2. The molecule has 1 aliphatic rings. The number of aliphatic hydroxyl groups is 1. The van der Waals surface area contributed by atoms with Crippen LogP contribution >= 0.6 is 50.8 Å². The van der Waals surface area contributed by atoms with E-state index in [0.29, 0.717) is 30.8 Å². The van der Waals surface area contributed by atoms with Gasteiger partial charge in [0.1, 0.15) is 35.9 Å². The normalized spacial score (nSPS) is 18.7. The third-order valence-corrected chi connectivity index (χ3v) is 14.0. The van der Waals surface area contributed by atoms with Crippen LogP contribution in [0.3, 0.4) is 0 Å². The highest BCUT2D eigenvalue weighted by Crippen LogP contribution is 2.51. The molecular formula is C33H54BN3O12PS4. The van der Waals surface area contributed by atoms with Gasteiger partial charge in [-0.3, -0.25) is 14.2 Å². The Balaban J connectivity index is 1.78. The Morgan fingerprint density at radius 3 is 2.57 bits per heavy atom. The topological polar surface area (TPSA) is 217 Å². The van der Waals surface area contributed by atoms with Crippen LogP contribution < -0.4 is 21.1 Å². The standard InChI is InChI=1S/C33H54BN3O12PS4/c1-32(2,3)54-53-30(22-46-24-10-7-9-23(17-24)31(40)37-14-12-35)45-16-15-44-21-28(39)36-13-8-11-34-27-18-25(49-29(19-38)52-51-6)26(48-27)20-47-33(4,5)50(41,42)43/h7,9-10,17,25-27,29-30,38H,12-16,18-22,35H2,1-6H3,(H,36,39)(H,37,40)(H2,41,42,43)/t25-,26?,27-,29+,30?/m1/s1. The summed E-state index contributed by atoms with van der Waals surface area (Å²) in [6.45, 7) is 9.75. The van der Waals surface area contributed by atoms with Crippen molar-refractivity contribution in [1.82, 2.24) is 10.6 Å². The fourth-order valence-electron chi connectivity index (χ4n) is 4.20. The lowest BCUT2D eigenvalue weighted by molar-refractivity contribution is -0.126. The number of amides is 2. The molecule has 1 aromatic rings. The summed E-state index contributed by atoms with van der Waals surface area (Å²) >= 11 is 0. The number of ether oxygens (including phenoxy) is 6. The molecule has 7 N–H and O–H groups in total. The SMILES string of the molecule is CSS[C@@H](CO)O[C@@H]1C[C@H]([B]C#CCNC(=O)COCCOC(COc2cccc(C(=O)NCCN)c2)SSC(C)(C)C)OC1COC(C)(C)P(=O)(O)O. The van der Waals surface area contributed by atoms with Crippen LogP contribution in [0.2, 0.25) is 0 Å². The van der Waals surface area contributed by atoms with Crippen LogP contribution in [0.4, 0.5) is 0 Å². The van der Waals surface area contributed by atoms with Gasteiger partial charge in [0.05, 0.1) is 39.1 Å². The molecule has 1 heterocycles. The summed E-state index contributed by atoms with van der Waals surface area (Å²) in [4.78, 5) is 43.8. The molecule has 2 amide bonds. The van der Waals surface area contributed by atoms with Crippen molar-refractivity contribution in [3.63, 3.8) is 0 Å². The lowest BCUT2D eigenvalue weighted by Gasteiger charge is -2.29. The van der Waals surface area contributed by atoms with Crippen molar-refractivity contribution in [2.75, 3.05) is 65.5 Å². The Morgan fingerprint density at radius 1 is 1.15 bits per heavy atom. The first kappa shape index (κ1) is 49.0. The lowest BCUT2D eigenvalue weighted by atomic mass is 9.71. The minimum Gasteiger partial charge on any atom is -0.490 e. The highest BCUT2D eigenvalue weighted by molar-refractivity contribution is 8.77. The van der Waals surface area contributed by atoms with E-state index in [1.54, 1.807) is 42.3 Å². The molecule has 0 aliphatic carbocycles. The summed E-state index contributed by atoms with van der Waals surface area (Å²) in [5, 5.41) is 13.4. The van der Waals surface area contributed by atoms with Gasteiger partial charge in [-0.2, -0.15) is 5.82 Å². The molecule has 54 heavy (non-hydrogen) atoms. The Labute approximate surface area is 335 Å². The van der Waals surface area contributed by atoms with Crippen molar-refractivity contribution in [3.05, 3.63) is 29.8 Å². The highest BCUT2D eigenvalue weighted by Gasteiger charge is 2.43. The molecule has 0 spiro atoms. The summed E-state index contributed by atoms with van der Waals surface area (Å²) in [5.74, 6) is 5.66. The number of hydrogen-bond donors (Lipinski definition) is 6. The average molecular weight is 855 g/mol. The van der Waals surface area contributed by atoms with E-state index in [1.165, 1.54) is 46.2 Å². The van der Waals surface area contributed by atoms with Crippen LogP contribution in [-0.4, -0.2) is 139 Å². The molecule has 15 nitrogen and oxygen atoms in total. The monoisotopic (exact) mass is 854 g/mol. The summed E-state index contributed by atoms with van der Waals surface area (Å²) < 4.78 is 46.8. The molecule has 2 rings (SSSR count). The Kier molecular flexibility index (Phi) is 22.9. The molecule has 5 atom stereocenters. The molecule has 21 heteroatoms. The molecule has 0 bridgehead atoms. The number of carbonyl (C=O) groups excluding carboxylic acids is 2. The molecule has 305 valence electrons. The zero-order valence-corrected chi connectivity index (χ0v) is 35.7. The number of rotatable bonds is 25. The summed E-state index contributed by atoms with van der Waals surface area (Å²) in [7, 11) is 3.03. The van der Waals surface area contributed by atoms with Crippen molar-refractivity contribution < 1.29 is 57.5 Å². The third kappa shape index (κ3) is 19.8. The van der Waals surface area contributed by atoms with Crippen LogP contribution in [0.25, 0.3) is 0 Å². The molecule has 1 fully saturated rings. The molecule has 1 saturated heterocycles. The zero-order valence-electron chi connectivity index (χ0n) is 31.5. The van der Waals surface area contributed by atoms with E-state index < -0.39 is 36.6 Å². The van der Waals surface area contributed by atoms with Gasteiger partial charge in [-0.15, -0.1) is 0 Å². The van der Waals surface area contributed by atoms with Crippen LogP contribution in [0.5, 0.6) is 5.75 Å². The van der Waals surface area contributed by atoms with Gasteiger partial charge < -0.3 is 59.7 Å². The van der Waals surface area contributed by atoms with Gasteiger partial charge >= 0.3 is 7.60 Å². The number of hydrogen-bond acceptors (Lipinski definition) is 15. The Bertz CT molecular complexity index is 1400. The van der Waals surface area contributed by atoms with E-state index in [0.717, 1.165) is 0 Å². The van der Waals surface area contributed by atoms with Gasteiger partial charge in [-0.25, -0.2) is 0 Å². The number of benzene rings is 1. The van der Waals surface area contributed by atoms with Gasteiger partial charge in [-0.05, 0) is 44.7 Å². The first-order chi connectivity index (χ1) is 25.5. The largest absolute Gasteiger partial charge is 0.490 e. The quantitative estimate of drug-likeness (QED) is 0.0208. The van der Waals surface area contributed by atoms with E-state index >= 15 is 0 Å². The Hall–Kier alpha value is -1.15. The molecule has 1 aliphatic heterocycles. The van der Waals surface area contributed by atoms with E-state index in [1.807, 2.05) is 6.26 Å². The summed E-state index contributed by atoms with van der Waals surface area (Å²) in [6, 6.07) is 6.40. The predicted molar refractivity (Wildman–Crippen MR) is 218 cm³/mol. The molecule has 0 saturated carbocycles. The van der Waals surface area contributed by atoms with Gasteiger partial charge in [-0.1, -0.05) is 75.9 Å². The summed E-state index contributed by atoms with van der Waals surface area (Å²) in [5.41, 5.74) is 5.06. The smallest absolute Gasteiger partial charge is 0.356 e. The summed E-state index contributed by atoms with van der Waals surface area (Å²) in [6.07, 6.45) is 1.06. The predicted octanol–water partition coefficient (Wildman–Crippen LogP) is 2.83. The number of aliphatic hydroxyl groups excluding tert-OH is 1. The highest BCUT2D eigenvalue weighted by atomic mass is 33.1. The number of carbonyl (C=O) groups is 2. The molecule has 1 aromatic carbocycles. The van der Waals surface area contributed by atoms with E-state index in [4.69, 9.17) is 34.2 Å². The lowest BCUT2D eigenvalue weighted by Crippen LogP contribution is -2.36. The molecule has 1 radical (unpaired) electrons. The fourth-order valence-corrected chi connectivity index (χ4v) is 8.06. The van der Waals surface area contributed by atoms with Crippen molar-refractivity contribution in [2.45, 2.75) is 80.2 Å². The minimum absolute atomic E-state index is 0.0227. The van der Waals surface area contributed by atoms with Crippen molar-refractivity contribution in [2.24, 2.45) is 5.73 Å². The number of nitrogens with two attached hydrogens (primary N) is 1. The van der Waals surface area contributed by atoms with Crippen molar-refractivity contribution in [1.29, 1.82) is 0 Å². The first-order valence-corrected chi connectivity index (χ1v) is 23.6. The molecule has 2 unspecified atom stereocenters. The van der Waals surface area contributed by atoms with E-state index in [-0.39, 0.29) is 68.2 Å². The second-order valence-electron chi connectivity index (χ2n) is 13.1. The fraction of sp³-hybridized carbons (Fsp3) is 0.697. The van der Waals surface area contributed by atoms with Gasteiger partial charge in [0, 0.05) is 29.4 Å². The molecular weight excluding hydrogens is 800 g/mol. The van der Waals surface area contributed by atoms with Gasteiger partial charge in [0.2, 0.25) is 5.91 Å². The van der Waals surface area contributed by atoms with Crippen LogP contribution in [-0.2, 0) is 33.0 Å². The van der Waals surface area contributed by atoms with Crippen molar-refractivity contribution >= 4 is 69.9 Å². The first-order valence-electron chi connectivity index (χ1n) is 17.1. The molecule has 0 aromatic heterocycles. The van der Waals surface area contributed by atoms with Crippen LogP contribution in [0.1, 0.15) is 51.4 Å². The third-order valence-electron chi connectivity index (χ3n) is 7.04. The van der Waals surface area contributed by atoms with Crippen molar-refractivity contribution in [3.8, 4) is 17.5 Å². The van der Waals surface area contributed by atoms with Gasteiger partial charge in [0.15, 0.2) is 5.34 Å². The van der Waals surface area contributed by atoms with Gasteiger partial charge in [0.25, 0.3) is 13.2 Å². The van der Waals surface area contributed by atoms with Crippen LogP contribution in [0, 0.1) is 11.7 Å². The van der Waals surface area contributed by atoms with E-state index in [2.05, 4.69) is 43.1 Å². The maximum Gasteiger partial charge on any atom is 0.356 e. The minimum atomic E-state index is -4.54. The maximum atomic E-state index is 12.3.